The summed E-state index contributed by atoms with van der Waals surface area (Å²) in [6.45, 7) is 1.17. The zero-order valence-electron chi connectivity index (χ0n) is 18.8. The highest BCUT2D eigenvalue weighted by Gasteiger charge is 2.38. The lowest BCUT2D eigenvalue weighted by molar-refractivity contribution is -0.393. The van der Waals surface area contributed by atoms with Crippen molar-refractivity contribution >= 4 is 34.4 Å². The number of anilines is 3. The number of nitro groups is 2. The predicted molar refractivity (Wildman–Crippen MR) is 124 cm³/mol. The van der Waals surface area contributed by atoms with E-state index >= 15 is 0 Å². The fraction of sp³-hybridized carbons (Fsp3) is 0.409. The Morgan fingerprint density at radius 2 is 1.53 bits per heavy atom. The van der Waals surface area contributed by atoms with Crippen molar-refractivity contribution in [1.29, 1.82) is 0 Å². The predicted octanol–water partition coefficient (Wildman–Crippen LogP) is 3.90. The number of carbonyl (C=O) groups is 1. The van der Waals surface area contributed by atoms with Crippen LogP contribution in [0.2, 0.25) is 0 Å². The number of benzene rings is 2. The second-order valence-corrected chi connectivity index (χ2v) is 8.56. The molecule has 2 aliphatic rings. The normalized spacial score (nSPS) is 18.4. The molecule has 0 aromatic heterocycles. The van der Waals surface area contributed by atoms with Gasteiger partial charge in [0, 0.05) is 38.4 Å². The number of nitrogens with zero attached hydrogens (tertiary/aromatic N) is 5. The molecule has 0 saturated carbocycles. The molecule has 192 valence electrons. The second kappa shape index (κ2) is 9.51. The Labute approximate surface area is 202 Å². The topological polar surface area (TPSA) is 133 Å². The Morgan fingerprint density at radius 1 is 0.917 bits per heavy atom. The lowest BCUT2D eigenvalue weighted by atomic mass is 10.1. The molecule has 2 aromatic carbocycles. The van der Waals surface area contributed by atoms with Crippen molar-refractivity contribution in [3.63, 3.8) is 0 Å². The van der Waals surface area contributed by atoms with Crippen LogP contribution in [0.15, 0.2) is 36.4 Å². The Balaban J connectivity index is 1.65. The van der Waals surface area contributed by atoms with Gasteiger partial charge in [0.1, 0.15) is 17.4 Å². The minimum Gasteiger partial charge on any atom is -0.480 e. The molecule has 11 nitrogen and oxygen atoms in total. The Bertz CT molecular complexity index is 1200. The first-order chi connectivity index (χ1) is 17.0. The number of carboxylic acids is 1. The number of rotatable bonds is 6. The molecule has 1 N–H and O–H groups in total. The SMILES string of the molecule is O=C(O)C1CCCN1c1cc(N2CCN(c3cccc(C(F)(F)F)c3)CC2)c([N+](=O)[O-])cc1[N+](=O)[O-]. The molecule has 2 saturated heterocycles. The highest BCUT2D eigenvalue weighted by Crippen LogP contribution is 2.42. The van der Waals surface area contributed by atoms with Crippen molar-refractivity contribution in [3.8, 4) is 0 Å². The summed E-state index contributed by atoms with van der Waals surface area (Å²) in [4.78, 5) is 38.4. The molecule has 2 aliphatic heterocycles. The summed E-state index contributed by atoms with van der Waals surface area (Å²) in [5, 5.41) is 33.1. The largest absolute Gasteiger partial charge is 0.480 e. The van der Waals surface area contributed by atoms with E-state index in [0.29, 0.717) is 12.1 Å². The summed E-state index contributed by atoms with van der Waals surface area (Å²) in [5.74, 6) is -1.14. The van der Waals surface area contributed by atoms with Gasteiger partial charge in [-0.15, -0.1) is 0 Å². The first-order valence-electron chi connectivity index (χ1n) is 11.1. The van der Waals surface area contributed by atoms with Crippen LogP contribution >= 0.6 is 0 Å². The fourth-order valence-electron chi connectivity index (χ4n) is 4.73. The number of hydrogen-bond acceptors (Lipinski definition) is 8. The molecule has 1 unspecified atom stereocenters. The fourth-order valence-corrected chi connectivity index (χ4v) is 4.73. The molecule has 0 aliphatic carbocycles. The van der Waals surface area contributed by atoms with Crippen LogP contribution in [0.5, 0.6) is 0 Å². The molecular formula is C22H22F3N5O6. The zero-order valence-corrected chi connectivity index (χ0v) is 18.8. The third-order valence-electron chi connectivity index (χ3n) is 6.47. The van der Waals surface area contributed by atoms with E-state index in [4.69, 9.17) is 0 Å². The summed E-state index contributed by atoms with van der Waals surface area (Å²) in [6, 6.07) is 6.03. The smallest absolute Gasteiger partial charge is 0.416 e. The third-order valence-corrected chi connectivity index (χ3v) is 6.47. The number of piperazine rings is 1. The van der Waals surface area contributed by atoms with E-state index in [2.05, 4.69) is 0 Å². The number of aliphatic carboxylic acids is 1. The van der Waals surface area contributed by atoms with E-state index in [1.165, 1.54) is 17.0 Å². The monoisotopic (exact) mass is 509 g/mol. The zero-order chi connectivity index (χ0) is 26.2. The quantitative estimate of drug-likeness (QED) is 0.455. The van der Waals surface area contributed by atoms with Crippen LogP contribution < -0.4 is 14.7 Å². The van der Waals surface area contributed by atoms with Gasteiger partial charge in [-0.05, 0) is 37.1 Å². The van der Waals surface area contributed by atoms with Crippen LogP contribution in [0, 0.1) is 20.2 Å². The van der Waals surface area contributed by atoms with Gasteiger partial charge in [0.15, 0.2) is 0 Å². The highest BCUT2D eigenvalue weighted by atomic mass is 19.4. The lowest BCUT2D eigenvalue weighted by Crippen LogP contribution is -2.47. The molecule has 4 rings (SSSR count). The van der Waals surface area contributed by atoms with Gasteiger partial charge in [-0.25, -0.2) is 4.79 Å². The van der Waals surface area contributed by atoms with Crippen molar-refractivity contribution in [1.82, 2.24) is 0 Å². The van der Waals surface area contributed by atoms with Crippen LogP contribution in [0.4, 0.5) is 41.6 Å². The Kier molecular flexibility index (Phi) is 6.61. The standard InChI is InChI=1S/C22H22F3N5O6/c23-22(24,25)14-3-1-4-15(11-14)26-7-9-27(10-8-26)17-12-18(28-6-2-5-16(28)21(31)32)20(30(35)36)13-19(17)29(33)34/h1,3-4,11-13,16H,2,5-10H2,(H,31,32). The van der Waals surface area contributed by atoms with Crippen LogP contribution in [0.25, 0.3) is 0 Å². The number of alkyl halides is 3. The minimum atomic E-state index is -4.49. The lowest BCUT2D eigenvalue weighted by Gasteiger charge is -2.37. The maximum Gasteiger partial charge on any atom is 0.416 e. The number of hydrogen-bond donors (Lipinski definition) is 1. The van der Waals surface area contributed by atoms with Gasteiger partial charge in [0.25, 0.3) is 11.4 Å². The van der Waals surface area contributed by atoms with Crippen molar-refractivity contribution in [2.24, 2.45) is 0 Å². The summed E-state index contributed by atoms with van der Waals surface area (Å²) in [5.41, 5.74) is -1.38. The summed E-state index contributed by atoms with van der Waals surface area (Å²) in [6.07, 6.45) is -3.71. The van der Waals surface area contributed by atoms with Gasteiger partial charge in [0.2, 0.25) is 0 Å². The molecule has 14 heteroatoms. The average molecular weight is 509 g/mol. The molecule has 2 fully saturated rings. The van der Waals surface area contributed by atoms with Gasteiger partial charge in [-0.3, -0.25) is 20.2 Å². The number of halogens is 3. The second-order valence-electron chi connectivity index (χ2n) is 8.56. The van der Waals surface area contributed by atoms with Gasteiger partial charge in [0.05, 0.1) is 21.5 Å². The van der Waals surface area contributed by atoms with E-state index in [0.717, 1.165) is 18.2 Å². The molecular weight excluding hydrogens is 487 g/mol. The Morgan fingerprint density at radius 3 is 2.11 bits per heavy atom. The molecule has 2 heterocycles. The van der Waals surface area contributed by atoms with Crippen LogP contribution in [0.3, 0.4) is 0 Å². The third kappa shape index (κ3) is 4.83. The maximum absolute atomic E-state index is 13.1. The minimum absolute atomic E-state index is 0.00851. The van der Waals surface area contributed by atoms with Crippen LogP contribution in [0.1, 0.15) is 18.4 Å². The van der Waals surface area contributed by atoms with E-state index < -0.39 is 45.0 Å². The number of nitro benzene ring substituents is 2. The molecule has 0 radical (unpaired) electrons. The van der Waals surface area contributed by atoms with Crippen molar-refractivity contribution in [2.45, 2.75) is 25.1 Å². The summed E-state index contributed by atoms with van der Waals surface area (Å²) < 4.78 is 39.3. The Hall–Kier alpha value is -4.10. The van der Waals surface area contributed by atoms with Crippen LogP contribution in [-0.4, -0.2) is 59.7 Å². The van der Waals surface area contributed by atoms with E-state index in [1.807, 2.05) is 0 Å². The summed E-state index contributed by atoms with van der Waals surface area (Å²) >= 11 is 0. The average Bonchev–Trinajstić information content (AvgIpc) is 3.33. The highest BCUT2D eigenvalue weighted by molar-refractivity contribution is 5.84. The van der Waals surface area contributed by atoms with Gasteiger partial charge in [-0.2, -0.15) is 13.2 Å². The molecule has 2 aromatic rings. The first-order valence-corrected chi connectivity index (χ1v) is 11.1. The summed E-state index contributed by atoms with van der Waals surface area (Å²) in [7, 11) is 0. The van der Waals surface area contributed by atoms with Crippen molar-refractivity contribution in [2.75, 3.05) is 47.4 Å². The van der Waals surface area contributed by atoms with Gasteiger partial charge >= 0.3 is 12.1 Å². The first kappa shape index (κ1) is 25.0. The van der Waals surface area contributed by atoms with Crippen molar-refractivity contribution < 1.29 is 32.9 Å². The van der Waals surface area contributed by atoms with E-state index in [1.54, 1.807) is 15.9 Å². The van der Waals surface area contributed by atoms with Crippen molar-refractivity contribution in [3.05, 3.63) is 62.2 Å². The van der Waals surface area contributed by atoms with E-state index in [9.17, 15) is 43.3 Å². The van der Waals surface area contributed by atoms with Gasteiger partial charge < -0.3 is 19.8 Å². The van der Waals surface area contributed by atoms with Gasteiger partial charge in [-0.1, -0.05) is 6.07 Å². The molecule has 0 spiro atoms. The molecule has 1 atom stereocenters. The van der Waals surface area contributed by atoms with Crippen LogP contribution in [-0.2, 0) is 11.0 Å². The molecule has 0 amide bonds. The van der Waals surface area contributed by atoms with E-state index in [-0.39, 0.29) is 50.5 Å². The molecule has 0 bridgehead atoms. The maximum atomic E-state index is 13.1. The number of carboxylic acid groups (broad SMARTS) is 1. The molecule has 36 heavy (non-hydrogen) atoms.